The van der Waals surface area contributed by atoms with Gasteiger partial charge in [0.05, 0.1) is 11.6 Å². The van der Waals surface area contributed by atoms with Gasteiger partial charge in [-0.15, -0.1) is 0 Å². The van der Waals surface area contributed by atoms with Crippen LogP contribution in [-0.4, -0.2) is 6.54 Å². The SMILES string of the molecule is N#Cc1cc(Br)cc(N2CCc3c(N)cccc3C2)c1. The number of nitrogens with two attached hydrogens (primary N) is 1. The molecule has 1 aliphatic heterocycles. The Morgan fingerprint density at radius 3 is 2.90 bits per heavy atom. The molecule has 0 amide bonds. The molecule has 100 valence electrons. The Labute approximate surface area is 126 Å². The lowest BCUT2D eigenvalue weighted by Gasteiger charge is -2.31. The van der Waals surface area contributed by atoms with Crippen molar-refractivity contribution in [2.24, 2.45) is 0 Å². The van der Waals surface area contributed by atoms with E-state index in [1.807, 2.05) is 24.3 Å². The number of halogens is 1. The highest BCUT2D eigenvalue weighted by Crippen LogP contribution is 2.29. The molecule has 0 radical (unpaired) electrons. The van der Waals surface area contributed by atoms with E-state index in [2.05, 4.69) is 39.0 Å². The Kier molecular flexibility index (Phi) is 3.37. The van der Waals surface area contributed by atoms with Crippen molar-refractivity contribution in [1.29, 1.82) is 5.26 Å². The number of benzene rings is 2. The topological polar surface area (TPSA) is 53.0 Å². The lowest BCUT2D eigenvalue weighted by atomic mass is 9.97. The van der Waals surface area contributed by atoms with Crippen molar-refractivity contribution in [3.8, 4) is 6.07 Å². The monoisotopic (exact) mass is 327 g/mol. The lowest BCUT2D eigenvalue weighted by molar-refractivity contribution is 0.733. The van der Waals surface area contributed by atoms with Crippen molar-refractivity contribution in [2.45, 2.75) is 13.0 Å². The Hall–Kier alpha value is -1.99. The summed E-state index contributed by atoms with van der Waals surface area (Å²) >= 11 is 3.47. The van der Waals surface area contributed by atoms with Gasteiger partial charge in [-0.1, -0.05) is 28.1 Å². The van der Waals surface area contributed by atoms with Crippen LogP contribution in [0.25, 0.3) is 0 Å². The Balaban J connectivity index is 1.95. The predicted octanol–water partition coefficient (Wildman–Crippen LogP) is 3.47. The van der Waals surface area contributed by atoms with Gasteiger partial charge >= 0.3 is 0 Å². The highest BCUT2D eigenvalue weighted by Gasteiger charge is 2.18. The first-order valence-electron chi connectivity index (χ1n) is 6.49. The quantitative estimate of drug-likeness (QED) is 0.816. The molecular formula is C16H14BrN3. The summed E-state index contributed by atoms with van der Waals surface area (Å²) in [6.07, 6.45) is 0.941. The van der Waals surface area contributed by atoms with E-state index >= 15 is 0 Å². The predicted molar refractivity (Wildman–Crippen MR) is 84.5 cm³/mol. The van der Waals surface area contributed by atoms with Crippen LogP contribution in [0.5, 0.6) is 0 Å². The summed E-state index contributed by atoms with van der Waals surface area (Å²) in [7, 11) is 0. The molecule has 0 atom stereocenters. The Bertz CT molecular complexity index is 703. The Morgan fingerprint density at radius 1 is 1.25 bits per heavy atom. The van der Waals surface area contributed by atoms with Crippen LogP contribution in [0.1, 0.15) is 16.7 Å². The third-order valence-corrected chi connectivity index (χ3v) is 4.14. The summed E-state index contributed by atoms with van der Waals surface area (Å²) in [6, 6.07) is 14.1. The van der Waals surface area contributed by atoms with Gasteiger partial charge < -0.3 is 10.6 Å². The summed E-state index contributed by atoms with van der Waals surface area (Å²) in [5.41, 5.74) is 11.2. The highest BCUT2D eigenvalue weighted by atomic mass is 79.9. The van der Waals surface area contributed by atoms with Gasteiger partial charge in [0.1, 0.15) is 0 Å². The van der Waals surface area contributed by atoms with Crippen molar-refractivity contribution in [2.75, 3.05) is 17.2 Å². The Morgan fingerprint density at radius 2 is 2.10 bits per heavy atom. The average Bonchev–Trinajstić information content (AvgIpc) is 2.46. The molecule has 0 bridgehead atoms. The zero-order valence-electron chi connectivity index (χ0n) is 10.9. The van der Waals surface area contributed by atoms with Crippen molar-refractivity contribution in [3.05, 3.63) is 57.6 Å². The number of fused-ring (bicyclic) bond motifs is 1. The summed E-state index contributed by atoms with van der Waals surface area (Å²) in [4.78, 5) is 2.29. The number of hydrogen-bond donors (Lipinski definition) is 1. The standard InChI is InChI=1S/C16H14BrN3/c17-13-6-11(9-18)7-14(8-13)20-5-4-15-12(10-20)2-1-3-16(15)19/h1-3,6-8H,4-5,10,19H2. The minimum absolute atomic E-state index is 0.674. The van der Waals surface area contributed by atoms with Crippen LogP contribution in [0.2, 0.25) is 0 Å². The molecule has 4 heteroatoms. The second kappa shape index (κ2) is 5.18. The fourth-order valence-electron chi connectivity index (χ4n) is 2.68. The zero-order chi connectivity index (χ0) is 14.1. The molecule has 1 aliphatic rings. The van der Waals surface area contributed by atoms with Gasteiger partial charge in [0.2, 0.25) is 0 Å². The van der Waals surface area contributed by atoms with Crippen LogP contribution in [0.3, 0.4) is 0 Å². The fraction of sp³-hybridized carbons (Fsp3) is 0.188. The van der Waals surface area contributed by atoms with Crippen LogP contribution in [0, 0.1) is 11.3 Å². The lowest BCUT2D eigenvalue weighted by Crippen LogP contribution is -2.30. The van der Waals surface area contributed by atoms with Crippen LogP contribution < -0.4 is 10.6 Å². The number of nitrogen functional groups attached to an aromatic ring is 1. The van der Waals surface area contributed by atoms with E-state index in [9.17, 15) is 0 Å². The molecule has 0 aliphatic carbocycles. The van der Waals surface area contributed by atoms with Crippen LogP contribution in [0.15, 0.2) is 40.9 Å². The molecule has 3 nitrogen and oxygen atoms in total. The maximum absolute atomic E-state index is 9.07. The number of rotatable bonds is 1. The molecule has 2 aromatic rings. The first-order valence-corrected chi connectivity index (χ1v) is 7.28. The van der Waals surface area contributed by atoms with Crippen LogP contribution in [0.4, 0.5) is 11.4 Å². The van der Waals surface area contributed by atoms with E-state index in [4.69, 9.17) is 11.0 Å². The number of nitriles is 1. The van der Waals surface area contributed by atoms with Gasteiger partial charge in [-0.3, -0.25) is 0 Å². The molecule has 0 saturated heterocycles. The van der Waals surface area contributed by atoms with E-state index in [0.29, 0.717) is 5.56 Å². The second-order valence-electron chi connectivity index (χ2n) is 4.97. The van der Waals surface area contributed by atoms with Crippen LogP contribution in [-0.2, 0) is 13.0 Å². The van der Waals surface area contributed by atoms with Crippen molar-refractivity contribution >= 4 is 27.3 Å². The molecular weight excluding hydrogens is 314 g/mol. The molecule has 0 unspecified atom stereocenters. The molecule has 0 spiro atoms. The van der Waals surface area contributed by atoms with Crippen molar-refractivity contribution in [1.82, 2.24) is 0 Å². The van der Waals surface area contributed by atoms with Gasteiger partial charge in [-0.25, -0.2) is 0 Å². The zero-order valence-corrected chi connectivity index (χ0v) is 12.5. The van der Waals surface area contributed by atoms with E-state index in [1.54, 1.807) is 0 Å². The average molecular weight is 328 g/mol. The second-order valence-corrected chi connectivity index (χ2v) is 5.88. The molecule has 1 heterocycles. The van der Waals surface area contributed by atoms with Gasteiger partial charge in [-0.05, 0) is 41.8 Å². The minimum Gasteiger partial charge on any atom is -0.398 e. The number of anilines is 2. The van der Waals surface area contributed by atoms with E-state index in [1.165, 1.54) is 11.1 Å². The largest absolute Gasteiger partial charge is 0.398 e. The summed E-state index contributed by atoms with van der Waals surface area (Å²) in [5.74, 6) is 0. The third kappa shape index (κ3) is 2.37. The van der Waals surface area contributed by atoms with E-state index in [-0.39, 0.29) is 0 Å². The molecule has 0 fully saturated rings. The molecule has 2 N–H and O–H groups in total. The van der Waals surface area contributed by atoms with Gasteiger partial charge in [0.25, 0.3) is 0 Å². The maximum atomic E-state index is 9.07. The number of hydrogen-bond acceptors (Lipinski definition) is 3. The maximum Gasteiger partial charge on any atom is 0.0992 e. The molecule has 3 rings (SSSR count). The smallest absolute Gasteiger partial charge is 0.0992 e. The first-order chi connectivity index (χ1) is 9.67. The molecule has 0 saturated carbocycles. The summed E-state index contributed by atoms with van der Waals surface area (Å²) < 4.78 is 0.935. The molecule has 2 aromatic carbocycles. The van der Waals surface area contributed by atoms with E-state index < -0.39 is 0 Å². The normalized spacial score (nSPS) is 13.7. The van der Waals surface area contributed by atoms with Gasteiger partial charge in [-0.2, -0.15) is 5.26 Å². The van der Waals surface area contributed by atoms with Crippen LogP contribution >= 0.6 is 15.9 Å². The van der Waals surface area contributed by atoms with Crippen molar-refractivity contribution < 1.29 is 0 Å². The molecule has 20 heavy (non-hydrogen) atoms. The van der Waals surface area contributed by atoms with Crippen molar-refractivity contribution in [3.63, 3.8) is 0 Å². The van der Waals surface area contributed by atoms with E-state index in [0.717, 1.165) is 35.4 Å². The third-order valence-electron chi connectivity index (χ3n) is 3.68. The minimum atomic E-state index is 0.674. The van der Waals surface area contributed by atoms with Gasteiger partial charge in [0.15, 0.2) is 0 Å². The summed E-state index contributed by atoms with van der Waals surface area (Å²) in [5, 5.41) is 9.07. The summed E-state index contributed by atoms with van der Waals surface area (Å²) in [6.45, 7) is 1.75. The fourth-order valence-corrected chi connectivity index (χ4v) is 3.16. The first kappa shape index (κ1) is 13.0. The van der Waals surface area contributed by atoms with Gasteiger partial charge in [0, 0.05) is 28.9 Å². The molecule has 0 aromatic heterocycles. The number of nitrogens with zero attached hydrogens (tertiary/aromatic N) is 2. The highest BCUT2D eigenvalue weighted by molar-refractivity contribution is 9.10.